The Hall–Kier alpha value is -1.97. The number of aromatic hydroxyl groups is 1. The van der Waals surface area contributed by atoms with Crippen LogP contribution in [0.5, 0.6) is 5.75 Å². The molecular weight excluding hydrogens is 200 g/mol. The van der Waals surface area contributed by atoms with E-state index in [2.05, 4.69) is 4.98 Å². The average Bonchev–Trinajstić information content (AvgIpc) is 2.23. The highest BCUT2D eigenvalue weighted by atomic mass is 19.2. The molecule has 76 valence electrons. The summed E-state index contributed by atoms with van der Waals surface area (Å²) in [6.07, 6.45) is 1.25. The van der Waals surface area contributed by atoms with Gasteiger partial charge in [0.25, 0.3) is 0 Å². The van der Waals surface area contributed by atoms with Gasteiger partial charge in [-0.25, -0.2) is 8.78 Å². The third-order valence-electron chi connectivity index (χ3n) is 1.96. The Kier molecular flexibility index (Phi) is 2.33. The van der Waals surface area contributed by atoms with Gasteiger partial charge in [-0.1, -0.05) is 0 Å². The molecular formula is C11H7F2NO. The van der Waals surface area contributed by atoms with Crippen molar-refractivity contribution in [1.29, 1.82) is 0 Å². The van der Waals surface area contributed by atoms with Crippen LogP contribution in [0.3, 0.4) is 0 Å². The van der Waals surface area contributed by atoms with E-state index in [0.29, 0.717) is 11.3 Å². The van der Waals surface area contributed by atoms with Crippen LogP contribution in [0.2, 0.25) is 0 Å². The van der Waals surface area contributed by atoms with Crippen LogP contribution in [0.15, 0.2) is 36.5 Å². The van der Waals surface area contributed by atoms with E-state index in [1.54, 1.807) is 0 Å². The summed E-state index contributed by atoms with van der Waals surface area (Å²) in [6, 6.07) is 6.50. The predicted octanol–water partition coefficient (Wildman–Crippen LogP) is 2.73. The first kappa shape index (κ1) is 9.58. The van der Waals surface area contributed by atoms with Crippen molar-refractivity contribution in [2.24, 2.45) is 0 Å². The molecule has 15 heavy (non-hydrogen) atoms. The lowest BCUT2D eigenvalue weighted by Crippen LogP contribution is -1.87. The van der Waals surface area contributed by atoms with Crippen LogP contribution in [0, 0.1) is 11.6 Å². The number of aromatic nitrogens is 1. The van der Waals surface area contributed by atoms with Crippen molar-refractivity contribution in [2.45, 2.75) is 0 Å². The first-order valence-electron chi connectivity index (χ1n) is 4.27. The third-order valence-corrected chi connectivity index (χ3v) is 1.96. The van der Waals surface area contributed by atoms with Crippen molar-refractivity contribution < 1.29 is 13.9 Å². The van der Waals surface area contributed by atoms with E-state index < -0.39 is 11.6 Å². The lowest BCUT2D eigenvalue weighted by Gasteiger charge is -2.01. The van der Waals surface area contributed by atoms with Crippen LogP contribution >= 0.6 is 0 Å². The molecule has 0 aliphatic rings. The second-order valence-corrected chi connectivity index (χ2v) is 3.03. The fourth-order valence-corrected chi connectivity index (χ4v) is 1.21. The Morgan fingerprint density at radius 1 is 1.00 bits per heavy atom. The van der Waals surface area contributed by atoms with Gasteiger partial charge in [0.05, 0.1) is 11.9 Å². The molecule has 0 spiro atoms. The Labute approximate surface area is 84.8 Å². The standard InChI is InChI=1S/C11H7F2NO/c12-9-3-1-7(5-10(9)13)11-4-2-8(15)6-14-11/h1-6,15H. The molecule has 2 rings (SSSR count). The molecule has 0 unspecified atom stereocenters. The predicted molar refractivity (Wildman–Crippen MR) is 51.3 cm³/mol. The summed E-state index contributed by atoms with van der Waals surface area (Å²) < 4.78 is 25.5. The molecule has 0 radical (unpaired) electrons. The van der Waals surface area contributed by atoms with Crippen LogP contribution < -0.4 is 0 Å². The molecule has 1 aromatic carbocycles. The zero-order valence-electron chi connectivity index (χ0n) is 7.61. The van der Waals surface area contributed by atoms with Crippen molar-refractivity contribution in [1.82, 2.24) is 4.98 Å². The summed E-state index contributed by atoms with van der Waals surface area (Å²) in [5.74, 6) is -1.78. The van der Waals surface area contributed by atoms with Gasteiger partial charge in [0.15, 0.2) is 11.6 Å². The molecule has 1 N–H and O–H groups in total. The molecule has 1 heterocycles. The second kappa shape index (κ2) is 3.65. The molecule has 0 fully saturated rings. The van der Waals surface area contributed by atoms with E-state index in [9.17, 15) is 8.78 Å². The Bertz CT molecular complexity index is 482. The van der Waals surface area contributed by atoms with E-state index in [-0.39, 0.29) is 5.75 Å². The highest BCUT2D eigenvalue weighted by Gasteiger charge is 2.05. The van der Waals surface area contributed by atoms with Gasteiger partial charge in [0, 0.05) is 5.56 Å². The average molecular weight is 207 g/mol. The molecule has 4 heteroatoms. The van der Waals surface area contributed by atoms with E-state index in [1.165, 1.54) is 24.4 Å². The van der Waals surface area contributed by atoms with Crippen molar-refractivity contribution in [3.05, 3.63) is 48.2 Å². The summed E-state index contributed by atoms with van der Waals surface area (Å²) in [5.41, 5.74) is 0.945. The fourth-order valence-electron chi connectivity index (χ4n) is 1.21. The molecule has 0 saturated carbocycles. The molecule has 0 bridgehead atoms. The van der Waals surface area contributed by atoms with Crippen molar-refractivity contribution in [3.8, 4) is 17.0 Å². The maximum absolute atomic E-state index is 12.9. The lowest BCUT2D eigenvalue weighted by molar-refractivity contribution is 0.473. The van der Waals surface area contributed by atoms with Gasteiger partial charge in [0.2, 0.25) is 0 Å². The minimum Gasteiger partial charge on any atom is -0.506 e. The van der Waals surface area contributed by atoms with Gasteiger partial charge >= 0.3 is 0 Å². The third kappa shape index (κ3) is 1.93. The van der Waals surface area contributed by atoms with Crippen LogP contribution in [0.25, 0.3) is 11.3 Å². The normalized spacial score (nSPS) is 10.3. The van der Waals surface area contributed by atoms with Gasteiger partial charge < -0.3 is 5.11 Å². The molecule has 0 amide bonds. The number of hydrogen-bond donors (Lipinski definition) is 1. The lowest BCUT2D eigenvalue weighted by atomic mass is 10.1. The highest BCUT2D eigenvalue weighted by Crippen LogP contribution is 2.20. The number of benzene rings is 1. The van der Waals surface area contributed by atoms with E-state index >= 15 is 0 Å². The van der Waals surface area contributed by atoms with Crippen molar-refractivity contribution in [2.75, 3.05) is 0 Å². The minimum atomic E-state index is -0.914. The monoisotopic (exact) mass is 207 g/mol. The number of rotatable bonds is 1. The van der Waals surface area contributed by atoms with Crippen LogP contribution in [0.4, 0.5) is 8.78 Å². The molecule has 0 aliphatic carbocycles. The SMILES string of the molecule is Oc1ccc(-c2ccc(F)c(F)c2)nc1. The van der Waals surface area contributed by atoms with Gasteiger partial charge in [-0.15, -0.1) is 0 Å². The maximum atomic E-state index is 12.9. The Morgan fingerprint density at radius 2 is 1.80 bits per heavy atom. The molecule has 0 saturated heterocycles. The van der Waals surface area contributed by atoms with Gasteiger partial charge in [-0.3, -0.25) is 4.98 Å². The van der Waals surface area contributed by atoms with E-state index in [0.717, 1.165) is 12.1 Å². The van der Waals surface area contributed by atoms with Crippen LogP contribution in [0.1, 0.15) is 0 Å². The Balaban J connectivity index is 2.45. The fraction of sp³-hybridized carbons (Fsp3) is 0. The van der Waals surface area contributed by atoms with Crippen molar-refractivity contribution in [3.63, 3.8) is 0 Å². The second-order valence-electron chi connectivity index (χ2n) is 3.03. The zero-order chi connectivity index (χ0) is 10.8. The minimum absolute atomic E-state index is 0.0290. The topological polar surface area (TPSA) is 33.1 Å². The first-order valence-corrected chi connectivity index (χ1v) is 4.27. The number of hydrogen-bond acceptors (Lipinski definition) is 2. The van der Waals surface area contributed by atoms with E-state index in [4.69, 9.17) is 5.11 Å². The van der Waals surface area contributed by atoms with Gasteiger partial charge in [-0.2, -0.15) is 0 Å². The number of halogens is 2. The quantitative estimate of drug-likeness (QED) is 0.779. The maximum Gasteiger partial charge on any atom is 0.159 e. The van der Waals surface area contributed by atoms with Gasteiger partial charge in [-0.05, 0) is 30.3 Å². The molecule has 0 aliphatic heterocycles. The largest absolute Gasteiger partial charge is 0.506 e. The summed E-state index contributed by atoms with van der Waals surface area (Å²) in [7, 11) is 0. The molecule has 1 aromatic heterocycles. The highest BCUT2D eigenvalue weighted by molar-refractivity contribution is 5.59. The first-order chi connectivity index (χ1) is 7.16. The molecule has 0 atom stereocenters. The summed E-state index contributed by atoms with van der Waals surface area (Å²) in [5, 5.41) is 9.01. The number of pyridine rings is 1. The zero-order valence-corrected chi connectivity index (χ0v) is 7.61. The smallest absolute Gasteiger partial charge is 0.159 e. The van der Waals surface area contributed by atoms with Gasteiger partial charge in [0.1, 0.15) is 5.75 Å². The van der Waals surface area contributed by atoms with E-state index in [1.807, 2.05) is 0 Å². The van der Waals surface area contributed by atoms with Crippen LogP contribution in [-0.4, -0.2) is 10.1 Å². The summed E-state index contributed by atoms with van der Waals surface area (Å²) >= 11 is 0. The van der Waals surface area contributed by atoms with Crippen LogP contribution in [-0.2, 0) is 0 Å². The number of nitrogens with zero attached hydrogens (tertiary/aromatic N) is 1. The molecule has 2 aromatic rings. The van der Waals surface area contributed by atoms with Crippen molar-refractivity contribution >= 4 is 0 Å². The summed E-state index contributed by atoms with van der Waals surface area (Å²) in [4.78, 5) is 3.88. The summed E-state index contributed by atoms with van der Waals surface area (Å²) in [6.45, 7) is 0. The molecule has 2 nitrogen and oxygen atoms in total. The Morgan fingerprint density at radius 3 is 2.40 bits per heavy atom.